The molecule has 3 rings (SSSR count). The fourth-order valence-corrected chi connectivity index (χ4v) is 4.99. The summed E-state index contributed by atoms with van der Waals surface area (Å²) in [5.41, 5.74) is 1.64. The molecule has 0 bridgehead atoms. The summed E-state index contributed by atoms with van der Waals surface area (Å²) in [7, 11) is 0. The molecule has 0 fully saturated rings. The second kappa shape index (κ2) is 12.2. The lowest BCUT2D eigenvalue weighted by atomic mass is 9.62. The number of hydrogen-bond donors (Lipinski definition) is 1. The molecule has 0 spiro atoms. The van der Waals surface area contributed by atoms with Crippen LogP contribution in [0, 0.1) is 0 Å². The Kier molecular flexibility index (Phi) is 9.10. The van der Waals surface area contributed by atoms with E-state index in [1.807, 2.05) is 78.9 Å². The summed E-state index contributed by atoms with van der Waals surface area (Å²) >= 11 is 0. The molecular weight excluding hydrogens is 392 g/mol. The summed E-state index contributed by atoms with van der Waals surface area (Å²) < 4.78 is 0. The van der Waals surface area contributed by atoms with Crippen molar-refractivity contribution >= 4 is 5.97 Å². The van der Waals surface area contributed by atoms with Crippen LogP contribution in [0.4, 0.5) is 0 Å². The van der Waals surface area contributed by atoms with Gasteiger partial charge in [0.05, 0.1) is 0 Å². The maximum atomic E-state index is 13.2. The number of benzene rings is 3. The Hall–Kier alpha value is -2.87. The van der Waals surface area contributed by atoms with Gasteiger partial charge in [0.25, 0.3) is 0 Å². The first-order valence-corrected chi connectivity index (χ1v) is 12.1. The molecule has 168 valence electrons. The first-order chi connectivity index (χ1) is 15.7. The highest BCUT2D eigenvalue weighted by atomic mass is 16.4. The second-order valence-corrected chi connectivity index (χ2v) is 8.72. The van der Waals surface area contributed by atoms with Gasteiger partial charge < -0.3 is 5.11 Å². The van der Waals surface area contributed by atoms with Crippen molar-refractivity contribution in [1.29, 1.82) is 0 Å². The van der Waals surface area contributed by atoms with Gasteiger partial charge in [-0.2, -0.15) is 0 Å². The molecule has 3 aromatic rings. The van der Waals surface area contributed by atoms with E-state index >= 15 is 0 Å². The summed E-state index contributed by atoms with van der Waals surface area (Å²) in [6.45, 7) is 2.24. The normalized spacial score (nSPS) is 12.4. The van der Waals surface area contributed by atoms with Crippen molar-refractivity contribution in [2.24, 2.45) is 0 Å². The van der Waals surface area contributed by atoms with Crippen LogP contribution in [0.5, 0.6) is 0 Å². The molecular formula is C30H36O2. The van der Waals surface area contributed by atoms with E-state index in [2.05, 4.69) is 19.1 Å². The van der Waals surface area contributed by atoms with E-state index in [1.54, 1.807) is 0 Å². The van der Waals surface area contributed by atoms with Crippen LogP contribution in [-0.2, 0) is 10.2 Å². The molecule has 0 aliphatic carbocycles. The van der Waals surface area contributed by atoms with Crippen molar-refractivity contribution in [3.8, 4) is 0 Å². The predicted octanol–water partition coefficient (Wildman–Crippen LogP) is 7.98. The van der Waals surface area contributed by atoms with E-state index in [9.17, 15) is 9.90 Å². The predicted molar refractivity (Wildman–Crippen MR) is 133 cm³/mol. The zero-order valence-electron chi connectivity index (χ0n) is 19.2. The minimum Gasteiger partial charge on any atom is -0.480 e. The number of hydrogen-bond acceptors (Lipinski definition) is 1. The third kappa shape index (κ3) is 5.48. The Balaban J connectivity index is 2.01. The minimum absolute atomic E-state index is 0.151. The molecule has 3 aromatic carbocycles. The topological polar surface area (TPSA) is 37.3 Å². The Morgan fingerprint density at radius 1 is 0.688 bits per heavy atom. The third-order valence-electron chi connectivity index (χ3n) is 6.62. The van der Waals surface area contributed by atoms with E-state index in [0.29, 0.717) is 0 Å². The van der Waals surface area contributed by atoms with Crippen molar-refractivity contribution < 1.29 is 9.90 Å². The number of carboxylic acid groups (broad SMARTS) is 1. The number of aliphatic carboxylic acids is 1. The zero-order chi connectivity index (χ0) is 22.7. The van der Waals surface area contributed by atoms with Crippen LogP contribution in [0.1, 0.15) is 80.9 Å². The Labute approximate surface area is 193 Å². The van der Waals surface area contributed by atoms with Gasteiger partial charge in [0.1, 0.15) is 5.41 Å². The van der Waals surface area contributed by atoms with Gasteiger partial charge >= 0.3 is 5.97 Å². The Bertz CT molecular complexity index is 879. The van der Waals surface area contributed by atoms with E-state index in [-0.39, 0.29) is 5.92 Å². The number of carboxylic acids is 1. The van der Waals surface area contributed by atoms with Crippen molar-refractivity contribution in [2.45, 2.75) is 69.6 Å². The van der Waals surface area contributed by atoms with Crippen LogP contribution in [0.2, 0.25) is 0 Å². The van der Waals surface area contributed by atoms with E-state index in [0.717, 1.165) is 36.0 Å². The van der Waals surface area contributed by atoms with Crippen LogP contribution in [0.15, 0.2) is 91.0 Å². The second-order valence-electron chi connectivity index (χ2n) is 8.72. The molecule has 0 aromatic heterocycles. The van der Waals surface area contributed by atoms with Crippen LogP contribution in [-0.4, -0.2) is 11.1 Å². The van der Waals surface area contributed by atoms with Gasteiger partial charge in [-0.15, -0.1) is 0 Å². The standard InChI is InChI=1S/C30H36O2/c1-2-3-4-5-6-7-17-24-28(25-18-11-8-12-19-25)30(29(31)32,26-20-13-9-14-21-26)27-22-15-10-16-23-27/h8-16,18-23,28H,2-7,17,24H2,1H3,(H,31,32). The van der Waals surface area contributed by atoms with Gasteiger partial charge in [-0.05, 0) is 23.1 Å². The lowest BCUT2D eigenvalue weighted by molar-refractivity contribution is -0.143. The lowest BCUT2D eigenvalue weighted by Gasteiger charge is -2.39. The summed E-state index contributed by atoms with van der Waals surface area (Å²) in [6, 6.07) is 29.8. The maximum absolute atomic E-state index is 13.2. The molecule has 1 atom stereocenters. The van der Waals surface area contributed by atoms with Gasteiger partial charge in [0.15, 0.2) is 0 Å². The molecule has 0 radical (unpaired) electrons. The number of carbonyl (C=O) groups is 1. The molecule has 32 heavy (non-hydrogen) atoms. The van der Waals surface area contributed by atoms with Gasteiger partial charge in [0, 0.05) is 5.92 Å². The highest BCUT2D eigenvalue weighted by Crippen LogP contribution is 2.47. The molecule has 0 saturated carbocycles. The molecule has 0 aliphatic heterocycles. The van der Waals surface area contributed by atoms with Crippen LogP contribution < -0.4 is 0 Å². The Morgan fingerprint density at radius 3 is 1.59 bits per heavy atom. The van der Waals surface area contributed by atoms with Crippen LogP contribution in [0.25, 0.3) is 0 Å². The molecule has 0 saturated heterocycles. The molecule has 1 N–H and O–H groups in total. The van der Waals surface area contributed by atoms with Gasteiger partial charge in [-0.25, -0.2) is 0 Å². The van der Waals surface area contributed by atoms with Gasteiger partial charge in [-0.1, -0.05) is 143 Å². The van der Waals surface area contributed by atoms with Crippen LogP contribution in [0.3, 0.4) is 0 Å². The van der Waals surface area contributed by atoms with E-state index in [4.69, 9.17) is 0 Å². The third-order valence-corrected chi connectivity index (χ3v) is 6.62. The average Bonchev–Trinajstić information content (AvgIpc) is 2.84. The summed E-state index contributed by atoms with van der Waals surface area (Å²) in [6.07, 6.45) is 9.36. The van der Waals surface area contributed by atoms with Crippen LogP contribution >= 0.6 is 0 Å². The zero-order valence-corrected chi connectivity index (χ0v) is 19.2. The van der Waals surface area contributed by atoms with Crippen molar-refractivity contribution in [1.82, 2.24) is 0 Å². The Morgan fingerprint density at radius 2 is 1.12 bits per heavy atom. The number of unbranched alkanes of at least 4 members (excludes halogenated alkanes) is 6. The first-order valence-electron chi connectivity index (χ1n) is 12.1. The van der Waals surface area contributed by atoms with Crippen molar-refractivity contribution in [2.75, 3.05) is 0 Å². The van der Waals surface area contributed by atoms with Gasteiger partial charge in [0.2, 0.25) is 0 Å². The smallest absolute Gasteiger partial charge is 0.319 e. The first kappa shape index (κ1) is 23.8. The molecule has 0 heterocycles. The van der Waals surface area contributed by atoms with Gasteiger partial charge in [-0.3, -0.25) is 4.79 Å². The molecule has 2 nitrogen and oxygen atoms in total. The highest BCUT2D eigenvalue weighted by molar-refractivity contribution is 5.87. The summed E-state index contributed by atoms with van der Waals surface area (Å²) in [5, 5.41) is 10.9. The molecule has 0 amide bonds. The van der Waals surface area contributed by atoms with Crippen molar-refractivity contribution in [3.63, 3.8) is 0 Å². The largest absolute Gasteiger partial charge is 0.480 e. The fraction of sp³-hybridized carbons (Fsp3) is 0.367. The molecule has 1 unspecified atom stereocenters. The monoisotopic (exact) mass is 428 g/mol. The van der Waals surface area contributed by atoms with E-state index in [1.165, 1.54) is 32.1 Å². The number of rotatable bonds is 13. The summed E-state index contributed by atoms with van der Waals surface area (Å²) in [4.78, 5) is 13.2. The maximum Gasteiger partial charge on any atom is 0.319 e. The minimum atomic E-state index is -1.13. The SMILES string of the molecule is CCCCCCCCCC(c1ccccc1)C(C(=O)O)(c1ccccc1)c1ccccc1. The quantitative estimate of drug-likeness (QED) is 0.280. The van der Waals surface area contributed by atoms with E-state index < -0.39 is 11.4 Å². The highest BCUT2D eigenvalue weighted by Gasteiger charge is 2.49. The fourth-order valence-electron chi connectivity index (χ4n) is 4.99. The molecule has 2 heteroatoms. The molecule has 0 aliphatic rings. The summed E-state index contributed by atoms with van der Waals surface area (Å²) in [5.74, 6) is -0.937. The van der Waals surface area contributed by atoms with Crippen molar-refractivity contribution in [3.05, 3.63) is 108 Å². The lowest BCUT2D eigenvalue weighted by Crippen LogP contribution is -2.43. The average molecular weight is 429 g/mol.